The molecule has 0 unspecified atom stereocenters. The van der Waals surface area contributed by atoms with E-state index in [4.69, 9.17) is 4.52 Å². The number of aromatic nitrogens is 1. The number of anilines is 1. The molecule has 0 aliphatic rings. The van der Waals surface area contributed by atoms with E-state index in [0.29, 0.717) is 23.7 Å². The highest BCUT2D eigenvalue weighted by Gasteiger charge is 2.11. The number of hydrogen-bond acceptors (Lipinski definition) is 3. The van der Waals surface area contributed by atoms with E-state index in [1.165, 1.54) is 23.1 Å². The molecule has 6 heteroatoms. The lowest BCUT2D eigenvalue weighted by Gasteiger charge is -2.16. The molecule has 0 bridgehead atoms. The lowest BCUT2D eigenvalue weighted by atomic mass is 10.3. The van der Waals surface area contributed by atoms with Gasteiger partial charge in [-0.1, -0.05) is 11.2 Å². The molecule has 19 heavy (non-hydrogen) atoms. The van der Waals surface area contributed by atoms with Gasteiger partial charge >= 0.3 is 6.03 Å². The van der Waals surface area contributed by atoms with Gasteiger partial charge in [-0.05, 0) is 25.1 Å². The zero-order valence-corrected chi connectivity index (χ0v) is 10.7. The third-order valence-electron chi connectivity index (χ3n) is 2.50. The number of rotatable bonds is 3. The lowest BCUT2D eigenvalue weighted by Crippen LogP contribution is -2.30. The second kappa shape index (κ2) is 5.51. The summed E-state index contributed by atoms with van der Waals surface area (Å²) in [5, 5.41) is 6.40. The minimum absolute atomic E-state index is 0.318. The molecule has 0 atom stereocenters. The zero-order chi connectivity index (χ0) is 13.8. The van der Waals surface area contributed by atoms with Gasteiger partial charge in [-0.25, -0.2) is 9.18 Å². The molecule has 100 valence electrons. The number of carbonyl (C=O) groups is 1. The highest BCUT2D eigenvalue weighted by Crippen LogP contribution is 2.11. The van der Waals surface area contributed by atoms with Gasteiger partial charge in [0.15, 0.2) is 0 Å². The molecule has 1 aromatic carbocycles. The minimum Gasteiger partial charge on any atom is -0.361 e. The fourth-order valence-corrected chi connectivity index (χ4v) is 1.59. The van der Waals surface area contributed by atoms with Crippen molar-refractivity contribution in [3.63, 3.8) is 0 Å². The second-order valence-corrected chi connectivity index (χ2v) is 4.23. The summed E-state index contributed by atoms with van der Waals surface area (Å²) in [6, 6.07) is 7.14. The van der Waals surface area contributed by atoms with E-state index < -0.39 is 5.82 Å². The number of carbonyl (C=O) groups excluding carboxylic acids is 1. The molecule has 0 fully saturated rings. The predicted molar refractivity (Wildman–Crippen MR) is 68.1 cm³/mol. The number of urea groups is 1. The van der Waals surface area contributed by atoms with Crippen LogP contribution in [0.25, 0.3) is 0 Å². The topological polar surface area (TPSA) is 58.4 Å². The van der Waals surface area contributed by atoms with Crippen LogP contribution >= 0.6 is 0 Å². The van der Waals surface area contributed by atoms with E-state index in [1.807, 2.05) is 0 Å². The molecule has 0 aliphatic heterocycles. The van der Waals surface area contributed by atoms with Crippen molar-refractivity contribution in [3.8, 4) is 0 Å². The Bertz CT molecular complexity index is 583. The highest BCUT2D eigenvalue weighted by atomic mass is 19.1. The number of benzene rings is 1. The van der Waals surface area contributed by atoms with Crippen molar-refractivity contribution in [2.75, 3.05) is 12.4 Å². The van der Waals surface area contributed by atoms with Crippen LogP contribution in [0.15, 0.2) is 34.9 Å². The predicted octanol–water partition coefficient (Wildman–Crippen LogP) is 2.79. The van der Waals surface area contributed by atoms with Crippen molar-refractivity contribution in [3.05, 3.63) is 47.6 Å². The summed E-state index contributed by atoms with van der Waals surface area (Å²) < 4.78 is 17.9. The molecule has 1 N–H and O–H groups in total. The molecular weight excluding hydrogens is 249 g/mol. The minimum atomic E-state index is -0.396. The van der Waals surface area contributed by atoms with Crippen LogP contribution in [0.2, 0.25) is 0 Å². The van der Waals surface area contributed by atoms with Gasteiger partial charge in [0.05, 0.1) is 6.54 Å². The van der Waals surface area contributed by atoms with Crippen molar-refractivity contribution in [2.24, 2.45) is 0 Å². The maximum atomic E-state index is 13.0. The number of amides is 2. The summed E-state index contributed by atoms with van der Waals surface area (Å²) in [7, 11) is 1.62. The lowest BCUT2D eigenvalue weighted by molar-refractivity contribution is 0.219. The Balaban J connectivity index is 1.96. The van der Waals surface area contributed by atoms with Gasteiger partial charge in [0.1, 0.15) is 17.3 Å². The first-order valence-electron chi connectivity index (χ1n) is 5.74. The van der Waals surface area contributed by atoms with Crippen LogP contribution in [-0.2, 0) is 6.54 Å². The summed E-state index contributed by atoms with van der Waals surface area (Å²) in [6.45, 7) is 2.10. The molecular formula is C13H14FN3O2. The van der Waals surface area contributed by atoms with Gasteiger partial charge in [0.25, 0.3) is 0 Å². The van der Waals surface area contributed by atoms with E-state index in [-0.39, 0.29) is 6.03 Å². The van der Waals surface area contributed by atoms with E-state index >= 15 is 0 Å². The second-order valence-electron chi connectivity index (χ2n) is 4.23. The van der Waals surface area contributed by atoms with Gasteiger partial charge in [-0.3, -0.25) is 0 Å². The van der Waals surface area contributed by atoms with Crippen molar-refractivity contribution >= 4 is 11.7 Å². The van der Waals surface area contributed by atoms with Crippen molar-refractivity contribution in [1.82, 2.24) is 10.1 Å². The quantitative estimate of drug-likeness (QED) is 0.926. The van der Waals surface area contributed by atoms with Crippen molar-refractivity contribution < 1.29 is 13.7 Å². The third kappa shape index (κ3) is 3.54. The highest BCUT2D eigenvalue weighted by molar-refractivity contribution is 5.89. The molecule has 0 spiro atoms. The maximum absolute atomic E-state index is 13.0. The molecule has 0 aliphatic carbocycles. The van der Waals surface area contributed by atoms with Gasteiger partial charge < -0.3 is 14.7 Å². The van der Waals surface area contributed by atoms with Gasteiger partial charge in [0, 0.05) is 18.8 Å². The van der Waals surface area contributed by atoms with Crippen LogP contribution in [0.5, 0.6) is 0 Å². The van der Waals surface area contributed by atoms with Crippen LogP contribution in [0, 0.1) is 12.7 Å². The first kappa shape index (κ1) is 13.1. The summed E-state index contributed by atoms with van der Waals surface area (Å²) in [5.74, 6) is 0.293. The monoisotopic (exact) mass is 263 g/mol. The van der Waals surface area contributed by atoms with Crippen molar-refractivity contribution in [1.29, 1.82) is 0 Å². The Kier molecular flexibility index (Phi) is 3.79. The smallest absolute Gasteiger partial charge is 0.321 e. The number of halogens is 1. The molecule has 0 saturated carbocycles. The fraction of sp³-hybridized carbons (Fsp3) is 0.231. The van der Waals surface area contributed by atoms with E-state index in [9.17, 15) is 9.18 Å². The average molecular weight is 263 g/mol. The maximum Gasteiger partial charge on any atom is 0.321 e. The molecule has 1 heterocycles. The molecule has 2 aromatic rings. The molecule has 1 aromatic heterocycles. The first-order valence-corrected chi connectivity index (χ1v) is 5.74. The number of aryl methyl sites for hydroxylation is 1. The number of hydrogen-bond donors (Lipinski definition) is 1. The largest absolute Gasteiger partial charge is 0.361 e. The molecule has 2 rings (SSSR count). The summed E-state index contributed by atoms with van der Waals surface area (Å²) in [5.41, 5.74) is 1.07. The normalized spacial score (nSPS) is 10.3. The van der Waals surface area contributed by atoms with Crippen molar-refractivity contribution in [2.45, 2.75) is 13.5 Å². The fourth-order valence-electron chi connectivity index (χ4n) is 1.59. The Morgan fingerprint density at radius 2 is 2.26 bits per heavy atom. The van der Waals surface area contributed by atoms with Gasteiger partial charge in [0.2, 0.25) is 0 Å². The third-order valence-corrected chi connectivity index (χ3v) is 2.50. The number of nitrogens with zero attached hydrogens (tertiary/aromatic N) is 2. The van der Waals surface area contributed by atoms with Crippen LogP contribution in [0.4, 0.5) is 14.9 Å². The van der Waals surface area contributed by atoms with E-state index in [1.54, 1.807) is 26.1 Å². The van der Waals surface area contributed by atoms with Crippen LogP contribution in [-0.4, -0.2) is 23.1 Å². The standard InChI is InChI=1S/C13H14FN3O2/c1-9-6-12(16-19-9)8-17(2)13(18)15-11-5-3-4-10(14)7-11/h3-7H,8H2,1-2H3,(H,15,18). The molecule has 0 saturated heterocycles. The summed E-state index contributed by atoms with van der Waals surface area (Å²) in [4.78, 5) is 13.3. The molecule has 5 nitrogen and oxygen atoms in total. The van der Waals surface area contributed by atoms with Crippen LogP contribution in [0.3, 0.4) is 0 Å². The first-order chi connectivity index (χ1) is 9.04. The Hall–Kier alpha value is -2.37. The number of nitrogens with one attached hydrogen (secondary N) is 1. The van der Waals surface area contributed by atoms with Gasteiger partial charge in [-0.15, -0.1) is 0 Å². The van der Waals surface area contributed by atoms with Gasteiger partial charge in [-0.2, -0.15) is 0 Å². The van der Waals surface area contributed by atoms with E-state index in [2.05, 4.69) is 10.5 Å². The zero-order valence-electron chi connectivity index (χ0n) is 10.7. The Morgan fingerprint density at radius 3 is 2.89 bits per heavy atom. The van der Waals surface area contributed by atoms with Crippen LogP contribution < -0.4 is 5.32 Å². The van der Waals surface area contributed by atoms with E-state index in [0.717, 1.165) is 0 Å². The summed E-state index contributed by atoms with van der Waals surface area (Å²) >= 11 is 0. The Labute approximate surface area is 110 Å². The molecule has 2 amide bonds. The average Bonchev–Trinajstić information content (AvgIpc) is 2.74. The SMILES string of the molecule is Cc1cc(CN(C)C(=O)Nc2cccc(F)c2)no1. The summed E-state index contributed by atoms with van der Waals surface area (Å²) in [6.07, 6.45) is 0. The van der Waals surface area contributed by atoms with Crippen LogP contribution in [0.1, 0.15) is 11.5 Å². The Morgan fingerprint density at radius 1 is 1.47 bits per heavy atom. The molecule has 0 radical (unpaired) electrons.